The molecule has 2 aromatic carbocycles. The molecule has 0 aliphatic rings. The van der Waals surface area contributed by atoms with E-state index < -0.39 is 5.82 Å². The second-order valence-corrected chi connectivity index (χ2v) is 4.57. The van der Waals surface area contributed by atoms with Crippen molar-refractivity contribution in [3.63, 3.8) is 0 Å². The van der Waals surface area contributed by atoms with Crippen molar-refractivity contribution in [2.75, 3.05) is 11.9 Å². The summed E-state index contributed by atoms with van der Waals surface area (Å²) in [5.41, 5.74) is 6.74. The molecule has 0 aromatic heterocycles. The Balaban J connectivity index is 2.26. The van der Waals surface area contributed by atoms with Gasteiger partial charge in [0.25, 0.3) is 0 Å². The Morgan fingerprint density at radius 1 is 1.20 bits per heavy atom. The number of amidine groups is 1. The van der Waals surface area contributed by atoms with E-state index in [1.165, 1.54) is 18.2 Å². The predicted molar refractivity (Wildman–Crippen MR) is 75.9 cm³/mol. The Labute approximate surface area is 116 Å². The van der Waals surface area contributed by atoms with Crippen LogP contribution in [0.3, 0.4) is 0 Å². The summed E-state index contributed by atoms with van der Waals surface area (Å²) in [4.78, 5) is 1.67. The number of halogens is 2. The van der Waals surface area contributed by atoms with Gasteiger partial charge in [-0.1, -0.05) is 12.1 Å². The largest absolute Gasteiger partial charge is 0.384 e. The van der Waals surface area contributed by atoms with E-state index in [2.05, 4.69) is 0 Å². The molecule has 2 aromatic rings. The number of nitrogens with one attached hydrogen (secondary N) is 1. The molecule has 0 bridgehead atoms. The van der Waals surface area contributed by atoms with Crippen molar-refractivity contribution in [1.82, 2.24) is 0 Å². The highest BCUT2D eigenvalue weighted by atomic mass is 19.1. The minimum atomic E-state index is -0.463. The van der Waals surface area contributed by atoms with Gasteiger partial charge in [0.2, 0.25) is 0 Å². The van der Waals surface area contributed by atoms with Gasteiger partial charge in [0.1, 0.15) is 17.5 Å². The molecule has 0 atom stereocenters. The molecule has 0 aliphatic heterocycles. The molecule has 0 fully saturated rings. The smallest absolute Gasteiger partial charge is 0.146 e. The lowest BCUT2D eigenvalue weighted by Crippen LogP contribution is -2.19. The zero-order chi connectivity index (χ0) is 14.7. The van der Waals surface area contributed by atoms with E-state index in [0.717, 1.165) is 0 Å². The minimum Gasteiger partial charge on any atom is -0.384 e. The van der Waals surface area contributed by atoms with Gasteiger partial charge in [0.05, 0.1) is 5.69 Å². The van der Waals surface area contributed by atoms with Crippen LogP contribution in [0.1, 0.15) is 11.1 Å². The standard InChI is InChI=1S/C15H15F2N3/c1-20(14-5-3-2-4-13(14)17)9-10-6-11(15(18)19)8-12(16)7-10/h2-8H,9H2,1H3,(H3,18,19). The van der Waals surface area contributed by atoms with Crippen molar-refractivity contribution in [1.29, 1.82) is 5.41 Å². The van der Waals surface area contributed by atoms with Crippen LogP contribution in [-0.4, -0.2) is 12.9 Å². The fraction of sp³-hybridized carbons (Fsp3) is 0.133. The highest BCUT2D eigenvalue weighted by Gasteiger charge is 2.09. The van der Waals surface area contributed by atoms with Gasteiger partial charge < -0.3 is 10.6 Å². The average molecular weight is 275 g/mol. The van der Waals surface area contributed by atoms with Crippen LogP contribution >= 0.6 is 0 Å². The van der Waals surface area contributed by atoms with Crippen LogP contribution in [0.2, 0.25) is 0 Å². The molecule has 3 N–H and O–H groups in total. The molecule has 0 spiro atoms. The van der Waals surface area contributed by atoms with Crippen molar-refractivity contribution in [2.45, 2.75) is 6.54 Å². The van der Waals surface area contributed by atoms with Crippen molar-refractivity contribution < 1.29 is 8.78 Å². The van der Waals surface area contributed by atoms with E-state index in [-0.39, 0.29) is 11.7 Å². The molecule has 0 unspecified atom stereocenters. The molecule has 104 valence electrons. The van der Waals surface area contributed by atoms with Crippen molar-refractivity contribution in [3.8, 4) is 0 Å². The second kappa shape index (κ2) is 5.69. The summed E-state index contributed by atoms with van der Waals surface area (Å²) >= 11 is 0. The topological polar surface area (TPSA) is 53.1 Å². The quantitative estimate of drug-likeness (QED) is 0.666. The van der Waals surface area contributed by atoms with Gasteiger partial charge in [-0.05, 0) is 35.9 Å². The van der Waals surface area contributed by atoms with Crippen molar-refractivity contribution in [3.05, 3.63) is 65.2 Å². The number of nitrogens with two attached hydrogens (primary N) is 1. The van der Waals surface area contributed by atoms with Crippen molar-refractivity contribution in [2.24, 2.45) is 5.73 Å². The first-order valence-corrected chi connectivity index (χ1v) is 6.07. The van der Waals surface area contributed by atoms with Crippen LogP contribution in [-0.2, 0) is 6.54 Å². The second-order valence-electron chi connectivity index (χ2n) is 4.57. The third-order valence-corrected chi connectivity index (χ3v) is 2.95. The maximum Gasteiger partial charge on any atom is 0.146 e. The summed E-state index contributed by atoms with van der Waals surface area (Å²) in [5, 5.41) is 7.35. The Kier molecular flexibility index (Phi) is 3.98. The van der Waals surface area contributed by atoms with Gasteiger partial charge in [-0.15, -0.1) is 0 Å². The number of nitrogens with zero attached hydrogens (tertiary/aromatic N) is 1. The first-order chi connectivity index (χ1) is 9.47. The molecule has 0 saturated heterocycles. The van der Waals surface area contributed by atoms with E-state index >= 15 is 0 Å². The van der Waals surface area contributed by atoms with Gasteiger partial charge in [-0.3, -0.25) is 5.41 Å². The van der Waals surface area contributed by atoms with E-state index in [9.17, 15) is 8.78 Å². The van der Waals surface area contributed by atoms with Gasteiger partial charge in [0.15, 0.2) is 0 Å². The van der Waals surface area contributed by atoms with Crippen LogP contribution in [0.25, 0.3) is 0 Å². The lowest BCUT2D eigenvalue weighted by molar-refractivity contribution is 0.619. The van der Waals surface area contributed by atoms with Gasteiger partial charge in [-0.2, -0.15) is 0 Å². The Morgan fingerprint density at radius 2 is 1.90 bits per heavy atom. The predicted octanol–water partition coefficient (Wildman–Crippen LogP) is 2.89. The number of hydrogen-bond donors (Lipinski definition) is 2. The fourth-order valence-electron chi connectivity index (χ4n) is 2.02. The third-order valence-electron chi connectivity index (χ3n) is 2.95. The average Bonchev–Trinajstić information content (AvgIpc) is 2.38. The molecule has 3 nitrogen and oxygen atoms in total. The number of para-hydroxylation sites is 1. The molecule has 0 saturated carbocycles. The van der Waals surface area contributed by atoms with Crippen LogP contribution in [0.15, 0.2) is 42.5 Å². The fourth-order valence-corrected chi connectivity index (χ4v) is 2.02. The summed E-state index contributed by atoms with van der Waals surface area (Å²) < 4.78 is 27.1. The van der Waals surface area contributed by atoms with E-state index in [0.29, 0.717) is 23.4 Å². The maximum absolute atomic E-state index is 13.7. The Hall–Kier alpha value is -2.43. The molecular weight excluding hydrogens is 260 g/mol. The maximum atomic E-state index is 13.7. The number of anilines is 1. The van der Waals surface area contributed by atoms with E-state index in [1.807, 2.05) is 0 Å². The zero-order valence-corrected chi connectivity index (χ0v) is 11.0. The van der Waals surface area contributed by atoms with Crippen LogP contribution in [0, 0.1) is 17.0 Å². The summed E-state index contributed by atoms with van der Waals surface area (Å²) in [5.74, 6) is -0.993. The summed E-state index contributed by atoms with van der Waals surface area (Å²) in [6.45, 7) is 0.318. The van der Waals surface area contributed by atoms with Crippen LogP contribution < -0.4 is 10.6 Å². The van der Waals surface area contributed by atoms with Gasteiger partial charge in [0, 0.05) is 19.2 Å². The monoisotopic (exact) mass is 275 g/mol. The molecule has 2 rings (SSSR count). The lowest BCUT2D eigenvalue weighted by atomic mass is 10.1. The third kappa shape index (κ3) is 3.12. The van der Waals surface area contributed by atoms with E-state index in [4.69, 9.17) is 11.1 Å². The number of benzene rings is 2. The summed E-state index contributed by atoms with van der Waals surface area (Å²) in [7, 11) is 1.72. The minimum absolute atomic E-state index is 0.195. The first-order valence-electron chi connectivity index (χ1n) is 6.07. The molecule has 5 heteroatoms. The molecule has 0 aliphatic carbocycles. The number of rotatable bonds is 4. The Morgan fingerprint density at radius 3 is 2.55 bits per heavy atom. The van der Waals surface area contributed by atoms with Crippen LogP contribution in [0.5, 0.6) is 0 Å². The van der Waals surface area contributed by atoms with Gasteiger partial charge >= 0.3 is 0 Å². The molecule has 0 heterocycles. The Bertz CT molecular complexity index is 641. The summed E-state index contributed by atoms with van der Waals surface area (Å²) in [6, 6.07) is 10.6. The summed E-state index contributed by atoms with van der Waals surface area (Å²) in [6.07, 6.45) is 0. The van der Waals surface area contributed by atoms with Gasteiger partial charge in [-0.25, -0.2) is 8.78 Å². The lowest BCUT2D eigenvalue weighted by Gasteiger charge is -2.20. The SMILES string of the molecule is CN(Cc1cc(F)cc(C(=N)N)c1)c1ccccc1F. The molecular formula is C15H15F2N3. The normalized spacial score (nSPS) is 10.3. The number of hydrogen-bond acceptors (Lipinski definition) is 2. The molecule has 0 amide bonds. The highest BCUT2D eigenvalue weighted by molar-refractivity contribution is 5.95. The molecule has 0 radical (unpaired) electrons. The van der Waals surface area contributed by atoms with Crippen molar-refractivity contribution >= 4 is 11.5 Å². The van der Waals surface area contributed by atoms with E-state index in [1.54, 1.807) is 36.2 Å². The zero-order valence-electron chi connectivity index (χ0n) is 11.0. The first kappa shape index (κ1) is 14.0. The molecule has 20 heavy (non-hydrogen) atoms. The highest BCUT2D eigenvalue weighted by Crippen LogP contribution is 2.20. The number of nitrogen functional groups attached to an aromatic ring is 1. The van der Waals surface area contributed by atoms with Crippen LogP contribution in [0.4, 0.5) is 14.5 Å².